The molecule has 1 aliphatic heterocycles. The van der Waals surface area contributed by atoms with Crippen LogP contribution in [-0.4, -0.2) is 58.9 Å². The minimum absolute atomic E-state index is 0.0342. The van der Waals surface area contributed by atoms with Crippen LogP contribution in [-0.2, 0) is 14.4 Å². The molecule has 0 radical (unpaired) electrons. The second-order valence-electron chi connectivity index (χ2n) is 7.54. The number of nitrogens with zero attached hydrogens (tertiary/aromatic N) is 2. The third-order valence-electron chi connectivity index (χ3n) is 6.04. The van der Waals surface area contributed by atoms with Gasteiger partial charge in [0.05, 0.1) is 11.8 Å². The molecule has 24 heavy (non-hydrogen) atoms. The van der Waals surface area contributed by atoms with Crippen molar-refractivity contribution in [2.45, 2.75) is 51.4 Å². The summed E-state index contributed by atoms with van der Waals surface area (Å²) in [7, 11) is 0. The molecule has 2 aliphatic carbocycles. The van der Waals surface area contributed by atoms with E-state index >= 15 is 0 Å². The maximum Gasteiger partial charge on any atom is 0.307 e. The van der Waals surface area contributed by atoms with Crippen molar-refractivity contribution in [3.8, 4) is 0 Å². The van der Waals surface area contributed by atoms with Crippen molar-refractivity contribution in [3.63, 3.8) is 0 Å². The fourth-order valence-electron chi connectivity index (χ4n) is 4.27. The van der Waals surface area contributed by atoms with E-state index in [1.807, 2.05) is 4.90 Å². The highest BCUT2D eigenvalue weighted by atomic mass is 16.4. The first-order valence-corrected chi connectivity index (χ1v) is 9.35. The first-order valence-electron chi connectivity index (χ1n) is 9.35. The molecule has 0 aromatic heterocycles. The fraction of sp³-hybridized carbons (Fsp3) is 0.833. The number of aliphatic carboxylic acids is 1. The zero-order valence-corrected chi connectivity index (χ0v) is 14.3. The van der Waals surface area contributed by atoms with Crippen LogP contribution < -0.4 is 0 Å². The predicted octanol–water partition coefficient (Wildman–Crippen LogP) is 1.74. The number of carbonyl (C=O) groups is 3. The van der Waals surface area contributed by atoms with Crippen LogP contribution in [0.2, 0.25) is 0 Å². The molecular weight excluding hydrogens is 308 g/mol. The molecule has 1 heterocycles. The second kappa shape index (κ2) is 7.53. The van der Waals surface area contributed by atoms with Gasteiger partial charge in [0.1, 0.15) is 0 Å². The van der Waals surface area contributed by atoms with Gasteiger partial charge in [0.2, 0.25) is 11.8 Å². The molecule has 6 nitrogen and oxygen atoms in total. The molecule has 0 bridgehead atoms. The standard InChI is InChI=1S/C18H28N2O4/c21-16(12-13-4-2-1-3-5-13)19-8-10-20(11-9-19)17(22)14-6-7-15(14)18(23)24/h13-15H,1-12H2,(H,23,24). The van der Waals surface area contributed by atoms with Gasteiger partial charge in [0.15, 0.2) is 0 Å². The topological polar surface area (TPSA) is 77.9 Å². The number of rotatable bonds is 4. The molecule has 2 unspecified atom stereocenters. The molecule has 0 spiro atoms. The van der Waals surface area contributed by atoms with Gasteiger partial charge in [0.25, 0.3) is 0 Å². The Morgan fingerprint density at radius 1 is 0.792 bits per heavy atom. The zero-order chi connectivity index (χ0) is 17.1. The minimum Gasteiger partial charge on any atom is -0.481 e. The predicted molar refractivity (Wildman–Crippen MR) is 88.2 cm³/mol. The Morgan fingerprint density at radius 3 is 1.92 bits per heavy atom. The third kappa shape index (κ3) is 3.73. The van der Waals surface area contributed by atoms with Crippen LogP contribution in [0, 0.1) is 17.8 Å². The van der Waals surface area contributed by atoms with E-state index < -0.39 is 11.9 Å². The number of piperazine rings is 1. The summed E-state index contributed by atoms with van der Waals surface area (Å²) in [6.07, 6.45) is 8.05. The van der Waals surface area contributed by atoms with Crippen molar-refractivity contribution in [2.24, 2.45) is 17.8 Å². The van der Waals surface area contributed by atoms with E-state index in [2.05, 4.69) is 0 Å². The van der Waals surface area contributed by atoms with Gasteiger partial charge in [-0.05, 0) is 31.6 Å². The normalized spacial score (nSPS) is 28.3. The maximum atomic E-state index is 12.4. The number of amides is 2. The van der Waals surface area contributed by atoms with Crippen LogP contribution in [0.5, 0.6) is 0 Å². The van der Waals surface area contributed by atoms with Crippen LogP contribution in [0.3, 0.4) is 0 Å². The SMILES string of the molecule is O=C(O)C1CCC1C(=O)N1CCN(C(=O)CC2CCCCC2)CC1. The van der Waals surface area contributed by atoms with Crippen molar-refractivity contribution in [2.75, 3.05) is 26.2 Å². The third-order valence-corrected chi connectivity index (χ3v) is 6.04. The van der Waals surface area contributed by atoms with Crippen molar-refractivity contribution in [1.82, 2.24) is 9.80 Å². The fourth-order valence-corrected chi connectivity index (χ4v) is 4.27. The Hall–Kier alpha value is -1.59. The highest BCUT2D eigenvalue weighted by Crippen LogP contribution is 2.36. The Balaban J connectivity index is 1.44. The first kappa shape index (κ1) is 17.2. The monoisotopic (exact) mass is 336 g/mol. The zero-order valence-electron chi connectivity index (χ0n) is 14.3. The second-order valence-corrected chi connectivity index (χ2v) is 7.54. The lowest BCUT2D eigenvalue weighted by atomic mass is 9.73. The van der Waals surface area contributed by atoms with E-state index in [4.69, 9.17) is 5.11 Å². The van der Waals surface area contributed by atoms with E-state index in [1.54, 1.807) is 4.90 Å². The average molecular weight is 336 g/mol. The number of carbonyl (C=O) groups excluding carboxylic acids is 2. The lowest BCUT2D eigenvalue weighted by molar-refractivity contribution is -0.157. The van der Waals surface area contributed by atoms with Crippen LogP contribution in [0.4, 0.5) is 0 Å². The van der Waals surface area contributed by atoms with Crippen LogP contribution >= 0.6 is 0 Å². The molecule has 3 rings (SSSR count). The number of hydrogen-bond donors (Lipinski definition) is 1. The summed E-state index contributed by atoms with van der Waals surface area (Å²) in [5, 5.41) is 9.10. The van der Waals surface area contributed by atoms with Gasteiger partial charge in [-0.3, -0.25) is 14.4 Å². The summed E-state index contributed by atoms with van der Waals surface area (Å²) in [5.74, 6) is -0.998. The van der Waals surface area contributed by atoms with Gasteiger partial charge in [-0.2, -0.15) is 0 Å². The van der Waals surface area contributed by atoms with Crippen molar-refractivity contribution in [3.05, 3.63) is 0 Å². The van der Waals surface area contributed by atoms with E-state index in [9.17, 15) is 14.4 Å². The Morgan fingerprint density at radius 2 is 1.38 bits per heavy atom. The molecule has 0 aromatic rings. The Labute approximate surface area is 143 Å². The van der Waals surface area contributed by atoms with Gasteiger partial charge in [-0.1, -0.05) is 19.3 Å². The summed E-state index contributed by atoms with van der Waals surface area (Å²) in [5.41, 5.74) is 0. The molecule has 2 amide bonds. The Kier molecular flexibility index (Phi) is 5.41. The largest absolute Gasteiger partial charge is 0.481 e. The van der Waals surface area contributed by atoms with E-state index in [1.165, 1.54) is 32.1 Å². The highest BCUT2D eigenvalue weighted by molar-refractivity contribution is 5.86. The molecular formula is C18H28N2O4. The summed E-state index contributed by atoms with van der Waals surface area (Å²) in [6, 6.07) is 0. The van der Waals surface area contributed by atoms with Gasteiger partial charge in [-0.25, -0.2) is 0 Å². The molecule has 134 valence electrons. The van der Waals surface area contributed by atoms with E-state index in [0.29, 0.717) is 51.4 Å². The van der Waals surface area contributed by atoms with Gasteiger partial charge >= 0.3 is 5.97 Å². The summed E-state index contributed by atoms with van der Waals surface area (Å²) < 4.78 is 0. The quantitative estimate of drug-likeness (QED) is 0.848. The average Bonchev–Trinajstić information content (AvgIpc) is 2.54. The van der Waals surface area contributed by atoms with E-state index in [0.717, 1.165) is 0 Å². The summed E-state index contributed by atoms with van der Waals surface area (Å²) in [4.78, 5) is 39.6. The first-order chi connectivity index (χ1) is 11.6. The van der Waals surface area contributed by atoms with Crippen LogP contribution in [0.1, 0.15) is 51.4 Å². The summed E-state index contributed by atoms with van der Waals surface area (Å²) >= 11 is 0. The van der Waals surface area contributed by atoms with Gasteiger partial charge in [0, 0.05) is 32.6 Å². The molecule has 2 saturated carbocycles. The molecule has 6 heteroatoms. The number of hydrogen-bond acceptors (Lipinski definition) is 3. The molecule has 1 N–H and O–H groups in total. The lowest BCUT2D eigenvalue weighted by Crippen LogP contribution is -2.54. The van der Waals surface area contributed by atoms with E-state index in [-0.39, 0.29) is 17.7 Å². The minimum atomic E-state index is -0.860. The molecule has 0 aromatic carbocycles. The Bertz CT molecular complexity index is 493. The summed E-state index contributed by atoms with van der Waals surface area (Å²) in [6.45, 7) is 2.25. The molecule has 3 fully saturated rings. The van der Waals surface area contributed by atoms with Gasteiger partial charge < -0.3 is 14.9 Å². The van der Waals surface area contributed by atoms with Crippen LogP contribution in [0.25, 0.3) is 0 Å². The smallest absolute Gasteiger partial charge is 0.307 e. The van der Waals surface area contributed by atoms with Crippen molar-refractivity contribution in [1.29, 1.82) is 0 Å². The molecule has 2 atom stereocenters. The van der Waals surface area contributed by atoms with Crippen molar-refractivity contribution >= 4 is 17.8 Å². The van der Waals surface area contributed by atoms with Crippen LogP contribution in [0.15, 0.2) is 0 Å². The maximum absolute atomic E-state index is 12.4. The van der Waals surface area contributed by atoms with Gasteiger partial charge in [-0.15, -0.1) is 0 Å². The lowest BCUT2D eigenvalue weighted by Gasteiger charge is -2.40. The molecule has 1 saturated heterocycles. The van der Waals surface area contributed by atoms with Crippen molar-refractivity contribution < 1.29 is 19.5 Å². The number of carboxylic acids is 1. The highest BCUT2D eigenvalue weighted by Gasteiger charge is 2.43. The molecule has 3 aliphatic rings. The number of carboxylic acid groups (broad SMARTS) is 1.